The van der Waals surface area contributed by atoms with Crippen LogP contribution in [0.3, 0.4) is 0 Å². The van der Waals surface area contributed by atoms with Gasteiger partial charge in [0.05, 0.1) is 15.6 Å². The minimum absolute atomic E-state index is 0.00117. The molecule has 0 aliphatic heterocycles. The second-order valence-electron chi connectivity index (χ2n) is 10.2. The first-order chi connectivity index (χ1) is 19.4. The van der Waals surface area contributed by atoms with Crippen molar-refractivity contribution in [1.82, 2.24) is 10.2 Å². The lowest BCUT2D eigenvalue weighted by Crippen LogP contribution is -2.53. The van der Waals surface area contributed by atoms with Crippen molar-refractivity contribution in [3.63, 3.8) is 0 Å². The lowest BCUT2D eigenvalue weighted by molar-refractivity contribution is -0.140. The molecule has 0 bridgehead atoms. The van der Waals surface area contributed by atoms with Crippen LogP contribution >= 0.6 is 23.2 Å². The smallest absolute Gasteiger partial charge is 0.264 e. The molecular weight excluding hydrogens is 581 g/mol. The molecule has 0 radical (unpaired) electrons. The number of aryl methyl sites for hydroxylation is 2. The van der Waals surface area contributed by atoms with Gasteiger partial charge in [-0.2, -0.15) is 0 Å². The van der Waals surface area contributed by atoms with Crippen LogP contribution in [0, 0.1) is 13.8 Å². The van der Waals surface area contributed by atoms with Crippen LogP contribution in [0.2, 0.25) is 10.0 Å². The number of anilines is 1. The first-order valence-electron chi connectivity index (χ1n) is 13.6. The maximum atomic E-state index is 14.2. The van der Waals surface area contributed by atoms with Gasteiger partial charge in [0.2, 0.25) is 11.8 Å². The maximum Gasteiger partial charge on any atom is 0.264 e. The number of hydrogen-bond acceptors (Lipinski definition) is 4. The van der Waals surface area contributed by atoms with E-state index in [2.05, 4.69) is 5.32 Å². The van der Waals surface area contributed by atoms with Crippen molar-refractivity contribution < 1.29 is 18.0 Å². The summed E-state index contributed by atoms with van der Waals surface area (Å²) in [6.45, 7) is 9.01. The van der Waals surface area contributed by atoms with Gasteiger partial charge in [-0.25, -0.2) is 8.42 Å². The monoisotopic (exact) mass is 617 g/mol. The Kier molecular flexibility index (Phi) is 11.2. The molecule has 0 aliphatic carbocycles. The standard InChI is InChI=1S/C31H37Cl2N3O4S/c1-6-23(5)34-31(38)28(7-2)35(19-24-10-8-9-22(4)17-24)30(37)20-36(29-18-25(32)13-16-27(29)33)41(39,40)26-14-11-21(3)12-15-26/h8-18,23,28H,6-7,19-20H2,1-5H3,(H,34,38). The van der Waals surface area contributed by atoms with E-state index in [9.17, 15) is 18.0 Å². The van der Waals surface area contributed by atoms with Gasteiger partial charge in [-0.05, 0) is 69.5 Å². The van der Waals surface area contributed by atoms with Crippen molar-refractivity contribution in [1.29, 1.82) is 0 Å². The highest BCUT2D eigenvalue weighted by molar-refractivity contribution is 7.92. The fourth-order valence-corrected chi connectivity index (χ4v) is 6.26. The van der Waals surface area contributed by atoms with Crippen molar-refractivity contribution >= 4 is 50.7 Å². The number of benzene rings is 3. The molecular formula is C31H37Cl2N3O4S. The number of carbonyl (C=O) groups excluding carboxylic acids is 2. The summed E-state index contributed by atoms with van der Waals surface area (Å²) in [6, 6.07) is 17.5. The number of nitrogens with zero attached hydrogens (tertiary/aromatic N) is 2. The van der Waals surface area contributed by atoms with Gasteiger partial charge in [-0.3, -0.25) is 13.9 Å². The number of nitrogens with one attached hydrogen (secondary N) is 1. The van der Waals surface area contributed by atoms with Crippen LogP contribution in [-0.2, 0) is 26.2 Å². The van der Waals surface area contributed by atoms with Gasteiger partial charge in [0.15, 0.2) is 0 Å². The van der Waals surface area contributed by atoms with Gasteiger partial charge in [0.1, 0.15) is 12.6 Å². The van der Waals surface area contributed by atoms with Crippen molar-refractivity contribution in [2.75, 3.05) is 10.8 Å². The lowest BCUT2D eigenvalue weighted by atomic mass is 10.1. The molecule has 2 atom stereocenters. The summed E-state index contributed by atoms with van der Waals surface area (Å²) < 4.78 is 29.0. The van der Waals surface area contributed by atoms with E-state index < -0.39 is 28.5 Å². The molecule has 0 saturated heterocycles. The fraction of sp³-hybridized carbons (Fsp3) is 0.355. The average molecular weight is 619 g/mol. The summed E-state index contributed by atoms with van der Waals surface area (Å²) in [6.07, 6.45) is 1.06. The number of halogens is 2. The third-order valence-electron chi connectivity index (χ3n) is 6.89. The number of sulfonamides is 1. The van der Waals surface area contributed by atoms with Gasteiger partial charge in [-0.15, -0.1) is 0 Å². The Balaban J connectivity index is 2.10. The zero-order valence-electron chi connectivity index (χ0n) is 24.0. The largest absolute Gasteiger partial charge is 0.352 e. The van der Waals surface area contributed by atoms with Crippen LogP contribution in [0.4, 0.5) is 5.69 Å². The Morgan fingerprint density at radius 1 is 0.902 bits per heavy atom. The number of hydrogen-bond donors (Lipinski definition) is 1. The predicted molar refractivity (Wildman–Crippen MR) is 166 cm³/mol. The highest BCUT2D eigenvalue weighted by Crippen LogP contribution is 2.33. The first-order valence-corrected chi connectivity index (χ1v) is 15.8. The maximum absolute atomic E-state index is 14.2. The Bertz CT molecular complexity index is 1480. The Labute approximate surface area is 253 Å². The molecule has 41 heavy (non-hydrogen) atoms. The summed E-state index contributed by atoms with van der Waals surface area (Å²) in [5, 5.41) is 3.35. The van der Waals surface area contributed by atoms with E-state index in [1.165, 1.54) is 29.2 Å². The van der Waals surface area contributed by atoms with E-state index in [4.69, 9.17) is 23.2 Å². The van der Waals surface area contributed by atoms with Crippen LogP contribution in [0.1, 0.15) is 50.3 Å². The number of amides is 2. The Morgan fingerprint density at radius 2 is 1.59 bits per heavy atom. The molecule has 220 valence electrons. The van der Waals surface area contributed by atoms with E-state index in [0.717, 1.165) is 27.4 Å². The van der Waals surface area contributed by atoms with E-state index in [-0.39, 0.29) is 39.1 Å². The molecule has 10 heteroatoms. The van der Waals surface area contributed by atoms with Crippen LogP contribution in [0.25, 0.3) is 0 Å². The minimum Gasteiger partial charge on any atom is -0.352 e. The quantitative estimate of drug-likeness (QED) is 0.250. The molecule has 2 amide bonds. The van der Waals surface area contributed by atoms with Gasteiger partial charge in [0.25, 0.3) is 10.0 Å². The predicted octanol–water partition coefficient (Wildman–Crippen LogP) is 6.53. The molecule has 7 nitrogen and oxygen atoms in total. The van der Waals surface area contributed by atoms with E-state index in [1.807, 2.05) is 58.9 Å². The molecule has 0 heterocycles. The molecule has 3 rings (SSSR count). The molecule has 3 aromatic carbocycles. The molecule has 0 aromatic heterocycles. The van der Waals surface area contributed by atoms with Crippen LogP contribution < -0.4 is 9.62 Å². The van der Waals surface area contributed by atoms with Crippen molar-refractivity contribution in [3.8, 4) is 0 Å². The second kappa shape index (κ2) is 14.2. The minimum atomic E-state index is -4.25. The zero-order chi connectivity index (χ0) is 30.3. The summed E-state index contributed by atoms with van der Waals surface area (Å²) in [4.78, 5) is 29.0. The number of rotatable bonds is 12. The normalized spacial score (nSPS) is 12.9. The summed E-state index contributed by atoms with van der Waals surface area (Å²) in [5.74, 6) is -0.846. The third-order valence-corrected chi connectivity index (χ3v) is 9.22. The van der Waals surface area contributed by atoms with Crippen LogP contribution in [-0.4, -0.2) is 43.8 Å². The fourth-order valence-electron chi connectivity index (χ4n) is 4.40. The summed E-state index contributed by atoms with van der Waals surface area (Å²) >= 11 is 12.7. The summed E-state index contributed by atoms with van der Waals surface area (Å²) in [7, 11) is -4.25. The van der Waals surface area contributed by atoms with E-state index in [1.54, 1.807) is 18.2 Å². The first kappa shape index (κ1) is 32.4. The van der Waals surface area contributed by atoms with E-state index >= 15 is 0 Å². The molecule has 0 fully saturated rings. The molecule has 0 aliphatic rings. The lowest BCUT2D eigenvalue weighted by Gasteiger charge is -2.34. The van der Waals surface area contributed by atoms with Crippen LogP contribution in [0.5, 0.6) is 0 Å². The zero-order valence-corrected chi connectivity index (χ0v) is 26.4. The highest BCUT2D eigenvalue weighted by atomic mass is 35.5. The van der Waals surface area contributed by atoms with Crippen molar-refractivity contribution in [2.45, 2.75) is 71.0 Å². The molecule has 0 spiro atoms. The molecule has 2 unspecified atom stereocenters. The molecule has 0 saturated carbocycles. The topological polar surface area (TPSA) is 86.8 Å². The molecule has 1 N–H and O–H groups in total. The van der Waals surface area contributed by atoms with Gasteiger partial charge >= 0.3 is 0 Å². The summed E-state index contributed by atoms with van der Waals surface area (Å²) in [5.41, 5.74) is 2.78. The van der Waals surface area contributed by atoms with Crippen LogP contribution in [0.15, 0.2) is 71.6 Å². The van der Waals surface area contributed by atoms with Gasteiger partial charge in [-0.1, -0.05) is 84.6 Å². The van der Waals surface area contributed by atoms with Crippen molar-refractivity contribution in [3.05, 3.63) is 93.5 Å². The molecule has 3 aromatic rings. The average Bonchev–Trinajstić information content (AvgIpc) is 2.93. The SMILES string of the molecule is CCC(C)NC(=O)C(CC)N(Cc1cccc(C)c1)C(=O)CN(c1cc(Cl)ccc1Cl)S(=O)(=O)c1ccc(C)cc1. The van der Waals surface area contributed by atoms with Gasteiger partial charge < -0.3 is 10.2 Å². The highest BCUT2D eigenvalue weighted by Gasteiger charge is 2.34. The Hall–Kier alpha value is -3.07. The van der Waals surface area contributed by atoms with Crippen molar-refractivity contribution in [2.24, 2.45) is 0 Å². The third kappa shape index (κ3) is 8.24. The number of carbonyl (C=O) groups is 2. The van der Waals surface area contributed by atoms with E-state index in [0.29, 0.717) is 6.42 Å². The van der Waals surface area contributed by atoms with Gasteiger partial charge in [0, 0.05) is 17.6 Å². The second-order valence-corrected chi connectivity index (χ2v) is 12.9. The Morgan fingerprint density at radius 3 is 2.20 bits per heavy atom.